The van der Waals surface area contributed by atoms with E-state index in [1.54, 1.807) is 12.1 Å². The number of fused-ring (bicyclic) bond motifs is 1. The van der Waals surface area contributed by atoms with E-state index in [9.17, 15) is 4.39 Å². The Morgan fingerprint density at radius 1 is 0.815 bits per heavy atom. The third kappa shape index (κ3) is 3.27. The predicted octanol–water partition coefficient (Wildman–Crippen LogP) is 6.28. The maximum Gasteiger partial charge on any atom is 0.150 e. The summed E-state index contributed by atoms with van der Waals surface area (Å²) < 4.78 is 19.6. The smallest absolute Gasteiger partial charge is 0.150 e. The van der Waals surface area contributed by atoms with E-state index in [0.29, 0.717) is 17.2 Å². The first-order valence-electron chi connectivity index (χ1n) is 8.63. The summed E-state index contributed by atoms with van der Waals surface area (Å²) in [4.78, 5) is 0. The van der Waals surface area contributed by atoms with E-state index >= 15 is 0 Å². The Balaban J connectivity index is 1.80. The van der Waals surface area contributed by atoms with E-state index in [4.69, 9.17) is 10.5 Å². The molecule has 0 heterocycles. The van der Waals surface area contributed by atoms with E-state index in [1.165, 1.54) is 12.1 Å². The second kappa shape index (κ2) is 6.96. The first kappa shape index (κ1) is 16.9. The number of ether oxygens (including phenoxy) is 1. The van der Waals surface area contributed by atoms with Gasteiger partial charge in [0.05, 0.1) is 5.69 Å². The van der Waals surface area contributed by atoms with Crippen LogP contribution in [0.3, 0.4) is 0 Å². The van der Waals surface area contributed by atoms with Crippen molar-refractivity contribution in [3.05, 3.63) is 103 Å². The monoisotopic (exact) mass is 355 g/mol. The maximum absolute atomic E-state index is 13.7. The number of hydrogen-bond donors (Lipinski definition) is 1. The van der Waals surface area contributed by atoms with Crippen molar-refractivity contribution >= 4 is 22.2 Å². The van der Waals surface area contributed by atoms with Gasteiger partial charge in [0.25, 0.3) is 0 Å². The van der Waals surface area contributed by atoms with E-state index in [0.717, 1.165) is 27.5 Å². The van der Waals surface area contributed by atoms with Gasteiger partial charge in [0.1, 0.15) is 17.3 Å². The van der Waals surface area contributed by atoms with Crippen LogP contribution in [-0.4, -0.2) is 0 Å². The number of nitrogens with two attached hydrogens (primary N) is 1. The molecule has 0 aromatic heterocycles. The molecule has 0 aliphatic carbocycles. The van der Waals surface area contributed by atoms with Gasteiger partial charge in [-0.1, -0.05) is 61.2 Å². The Kier molecular flexibility index (Phi) is 4.35. The molecule has 132 valence electrons. The molecule has 0 radical (unpaired) electrons. The molecule has 4 aromatic carbocycles. The fourth-order valence-corrected chi connectivity index (χ4v) is 3.21. The number of halogens is 1. The van der Waals surface area contributed by atoms with Crippen molar-refractivity contribution in [3.8, 4) is 16.9 Å². The molecule has 2 N–H and O–H groups in total. The molecule has 0 fully saturated rings. The fourth-order valence-electron chi connectivity index (χ4n) is 3.21. The molecule has 0 unspecified atom stereocenters. The van der Waals surface area contributed by atoms with Gasteiger partial charge in [-0.2, -0.15) is 0 Å². The number of rotatable bonds is 4. The average Bonchev–Trinajstić information content (AvgIpc) is 2.69. The molecule has 4 aromatic rings. The molecule has 2 nitrogen and oxygen atoms in total. The first-order valence-corrected chi connectivity index (χ1v) is 8.63. The standard InChI is InChI=1S/C24H18FNO/c1-16(27-24-12-5-4-11-23(24)26)19-13-14-20(17-7-6-8-18(25)15-17)22-10-3-2-9-21(19)22/h2-15H,1,26H2. The van der Waals surface area contributed by atoms with Gasteiger partial charge < -0.3 is 10.5 Å². The van der Waals surface area contributed by atoms with Gasteiger partial charge in [-0.05, 0) is 52.2 Å². The highest BCUT2D eigenvalue weighted by molar-refractivity contribution is 6.02. The molecule has 27 heavy (non-hydrogen) atoms. The van der Waals surface area contributed by atoms with Crippen LogP contribution in [0.4, 0.5) is 10.1 Å². The Morgan fingerprint density at radius 3 is 2.33 bits per heavy atom. The molecular weight excluding hydrogens is 337 g/mol. The van der Waals surface area contributed by atoms with Crippen LogP contribution in [0.5, 0.6) is 5.75 Å². The predicted molar refractivity (Wildman–Crippen MR) is 110 cm³/mol. The van der Waals surface area contributed by atoms with Crippen LogP contribution in [0.15, 0.2) is 91.5 Å². The van der Waals surface area contributed by atoms with Crippen LogP contribution >= 0.6 is 0 Å². The molecule has 4 rings (SSSR count). The highest BCUT2D eigenvalue weighted by atomic mass is 19.1. The fraction of sp³-hybridized carbons (Fsp3) is 0. The van der Waals surface area contributed by atoms with Crippen molar-refractivity contribution in [1.29, 1.82) is 0 Å². The van der Waals surface area contributed by atoms with Crippen LogP contribution in [0.25, 0.3) is 27.7 Å². The number of hydrogen-bond acceptors (Lipinski definition) is 2. The highest BCUT2D eigenvalue weighted by Gasteiger charge is 2.12. The summed E-state index contributed by atoms with van der Waals surface area (Å²) in [6.07, 6.45) is 0. The van der Waals surface area contributed by atoms with Crippen LogP contribution in [0, 0.1) is 5.82 Å². The molecule has 0 saturated carbocycles. The summed E-state index contributed by atoms with van der Waals surface area (Å²) in [6, 6.07) is 25.8. The third-order valence-electron chi connectivity index (χ3n) is 4.51. The van der Waals surface area contributed by atoms with Crippen molar-refractivity contribution in [3.63, 3.8) is 0 Å². The second-order valence-electron chi connectivity index (χ2n) is 6.28. The lowest BCUT2D eigenvalue weighted by atomic mass is 9.94. The first-order chi connectivity index (χ1) is 13.1. The lowest BCUT2D eigenvalue weighted by molar-refractivity contribution is 0.520. The van der Waals surface area contributed by atoms with Crippen LogP contribution in [-0.2, 0) is 0 Å². The van der Waals surface area contributed by atoms with Crippen molar-refractivity contribution in [1.82, 2.24) is 0 Å². The second-order valence-corrected chi connectivity index (χ2v) is 6.28. The lowest BCUT2D eigenvalue weighted by Crippen LogP contribution is -1.98. The molecule has 0 aliphatic heterocycles. The number of nitrogen functional groups attached to an aromatic ring is 1. The van der Waals surface area contributed by atoms with Gasteiger partial charge >= 0.3 is 0 Å². The molecule has 0 atom stereocenters. The lowest BCUT2D eigenvalue weighted by Gasteiger charge is -2.15. The highest BCUT2D eigenvalue weighted by Crippen LogP contribution is 2.35. The minimum atomic E-state index is -0.257. The molecule has 0 aliphatic rings. The summed E-state index contributed by atoms with van der Waals surface area (Å²) in [5, 5.41) is 1.99. The molecule has 0 spiro atoms. The van der Waals surface area contributed by atoms with E-state index in [2.05, 4.69) is 6.58 Å². The zero-order chi connectivity index (χ0) is 18.8. The molecule has 0 bridgehead atoms. The Bertz CT molecular complexity index is 1150. The minimum absolute atomic E-state index is 0.257. The van der Waals surface area contributed by atoms with Crippen molar-refractivity contribution in [2.75, 3.05) is 5.73 Å². The Morgan fingerprint density at radius 2 is 1.56 bits per heavy atom. The number of anilines is 1. The number of para-hydroxylation sites is 2. The molecule has 0 saturated heterocycles. The Hall–Kier alpha value is -3.59. The normalized spacial score (nSPS) is 10.7. The van der Waals surface area contributed by atoms with Gasteiger partial charge in [0.2, 0.25) is 0 Å². The quantitative estimate of drug-likeness (QED) is 0.345. The van der Waals surface area contributed by atoms with Crippen molar-refractivity contribution < 1.29 is 9.13 Å². The zero-order valence-electron chi connectivity index (χ0n) is 14.7. The largest absolute Gasteiger partial charge is 0.455 e. The zero-order valence-corrected chi connectivity index (χ0v) is 14.7. The SMILES string of the molecule is C=C(Oc1ccccc1N)c1ccc(-c2cccc(F)c2)c2ccccc12. The number of benzene rings is 4. The molecule has 3 heteroatoms. The van der Waals surface area contributed by atoms with Crippen LogP contribution < -0.4 is 10.5 Å². The molecule has 0 amide bonds. The van der Waals surface area contributed by atoms with E-state index in [-0.39, 0.29) is 5.82 Å². The third-order valence-corrected chi connectivity index (χ3v) is 4.51. The summed E-state index contributed by atoms with van der Waals surface area (Å²) >= 11 is 0. The Labute approximate surface area is 157 Å². The average molecular weight is 355 g/mol. The van der Waals surface area contributed by atoms with Crippen LogP contribution in [0.1, 0.15) is 5.56 Å². The van der Waals surface area contributed by atoms with E-state index in [1.807, 2.05) is 60.7 Å². The summed E-state index contributed by atoms with van der Waals surface area (Å²) in [6.45, 7) is 4.09. The van der Waals surface area contributed by atoms with Gasteiger partial charge in [0, 0.05) is 5.56 Å². The van der Waals surface area contributed by atoms with Crippen molar-refractivity contribution in [2.24, 2.45) is 0 Å². The van der Waals surface area contributed by atoms with Crippen molar-refractivity contribution in [2.45, 2.75) is 0 Å². The maximum atomic E-state index is 13.7. The summed E-state index contributed by atoms with van der Waals surface area (Å²) in [7, 11) is 0. The summed E-state index contributed by atoms with van der Waals surface area (Å²) in [5.74, 6) is 0.823. The van der Waals surface area contributed by atoms with E-state index < -0.39 is 0 Å². The van der Waals surface area contributed by atoms with Gasteiger partial charge in [-0.25, -0.2) is 4.39 Å². The molecular formula is C24H18FNO. The van der Waals surface area contributed by atoms with Gasteiger partial charge in [0.15, 0.2) is 0 Å². The topological polar surface area (TPSA) is 35.2 Å². The summed E-state index contributed by atoms with van der Waals surface area (Å²) in [5.41, 5.74) is 9.19. The minimum Gasteiger partial charge on any atom is -0.455 e. The van der Waals surface area contributed by atoms with Gasteiger partial charge in [-0.15, -0.1) is 0 Å². The van der Waals surface area contributed by atoms with Crippen LogP contribution in [0.2, 0.25) is 0 Å². The van der Waals surface area contributed by atoms with Gasteiger partial charge in [-0.3, -0.25) is 0 Å².